The predicted molar refractivity (Wildman–Crippen MR) is 95.6 cm³/mol. The maximum atomic E-state index is 13.6. The highest BCUT2D eigenvalue weighted by atomic mass is 19.3. The van der Waals surface area contributed by atoms with Crippen LogP contribution in [0.4, 0.5) is 8.78 Å². The molecule has 0 bridgehead atoms. The SMILES string of the molecule is Cc1nc(C(=O)NC2CCn3nc(-c4ccnc(C(C)(F)F)c4)cc32)n(C)n1. The number of aromatic nitrogens is 6. The van der Waals surface area contributed by atoms with Crippen molar-refractivity contribution in [1.82, 2.24) is 34.8 Å². The molecular weight excluding hydrogens is 368 g/mol. The van der Waals surface area contributed by atoms with E-state index in [1.807, 2.05) is 6.07 Å². The summed E-state index contributed by atoms with van der Waals surface area (Å²) in [4.78, 5) is 20.4. The van der Waals surface area contributed by atoms with Crippen molar-refractivity contribution in [2.45, 2.75) is 38.8 Å². The fourth-order valence-corrected chi connectivity index (χ4v) is 3.34. The van der Waals surface area contributed by atoms with Gasteiger partial charge in [-0.15, -0.1) is 0 Å². The van der Waals surface area contributed by atoms with E-state index in [-0.39, 0.29) is 23.5 Å². The molecular formula is C18H19F2N7O. The Morgan fingerprint density at radius 3 is 2.79 bits per heavy atom. The van der Waals surface area contributed by atoms with E-state index in [1.165, 1.54) is 16.9 Å². The maximum Gasteiger partial charge on any atom is 0.289 e. The van der Waals surface area contributed by atoms with E-state index in [4.69, 9.17) is 0 Å². The summed E-state index contributed by atoms with van der Waals surface area (Å²) in [6, 6.07) is 4.56. The quantitative estimate of drug-likeness (QED) is 0.742. The van der Waals surface area contributed by atoms with Crippen LogP contribution in [0.25, 0.3) is 11.3 Å². The largest absolute Gasteiger partial charge is 0.341 e. The minimum Gasteiger partial charge on any atom is -0.341 e. The summed E-state index contributed by atoms with van der Waals surface area (Å²) in [6.45, 7) is 3.16. The third-order valence-corrected chi connectivity index (χ3v) is 4.68. The van der Waals surface area contributed by atoms with E-state index >= 15 is 0 Å². The number of fused-ring (bicyclic) bond motifs is 1. The van der Waals surface area contributed by atoms with E-state index in [9.17, 15) is 13.6 Å². The molecule has 1 N–H and O–H groups in total. The lowest BCUT2D eigenvalue weighted by Crippen LogP contribution is -2.29. The van der Waals surface area contributed by atoms with Crippen LogP contribution in [-0.2, 0) is 19.5 Å². The van der Waals surface area contributed by atoms with Crippen LogP contribution in [0.3, 0.4) is 0 Å². The Labute approximate surface area is 159 Å². The number of nitrogens with one attached hydrogen (secondary N) is 1. The van der Waals surface area contributed by atoms with Gasteiger partial charge in [0.2, 0.25) is 5.82 Å². The number of nitrogens with zero attached hydrogens (tertiary/aromatic N) is 6. The van der Waals surface area contributed by atoms with E-state index in [1.54, 1.807) is 24.7 Å². The highest BCUT2D eigenvalue weighted by Crippen LogP contribution is 2.32. The van der Waals surface area contributed by atoms with Crippen LogP contribution in [0.2, 0.25) is 0 Å². The molecule has 0 radical (unpaired) electrons. The van der Waals surface area contributed by atoms with Gasteiger partial charge >= 0.3 is 0 Å². The highest BCUT2D eigenvalue weighted by molar-refractivity contribution is 5.91. The Kier molecular flexibility index (Phi) is 4.20. The molecule has 3 aromatic rings. The first-order valence-corrected chi connectivity index (χ1v) is 8.83. The summed E-state index contributed by atoms with van der Waals surface area (Å²) in [5.74, 6) is -2.59. The Morgan fingerprint density at radius 2 is 2.11 bits per heavy atom. The van der Waals surface area contributed by atoms with E-state index < -0.39 is 5.92 Å². The van der Waals surface area contributed by atoms with Gasteiger partial charge in [0.25, 0.3) is 11.8 Å². The van der Waals surface area contributed by atoms with E-state index in [0.717, 1.165) is 12.6 Å². The molecule has 0 saturated heterocycles. The average molecular weight is 387 g/mol. The Hall–Kier alpha value is -3.17. The molecule has 28 heavy (non-hydrogen) atoms. The Balaban J connectivity index is 1.58. The first-order valence-electron chi connectivity index (χ1n) is 8.83. The topological polar surface area (TPSA) is 90.5 Å². The minimum atomic E-state index is -3.02. The van der Waals surface area contributed by atoms with Crippen LogP contribution in [0.1, 0.15) is 47.2 Å². The van der Waals surface area contributed by atoms with Gasteiger partial charge in [-0.3, -0.25) is 14.5 Å². The summed E-state index contributed by atoms with van der Waals surface area (Å²) in [5.41, 5.74) is 1.64. The third kappa shape index (κ3) is 3.25. The fourth-order valence-electron chi connectivity index (χ4n) is 3.34. The molecule has 8 nitrogen and oxygen atoms in total. The highest BCUT2D eigenvalue weighted by Gasteiger charge is 2.30. The lowest BCUT2D eigenvalue weighted by atomic mass is 10.1. The molecule has 0 saturated carbocycles. The molecule has 1 amide bonds. The van der Waals surface area contributed by atoms with Gasteiger partial charge in [-0.25, -0.2) is 9.67 Å². The Bertz CT molecular complexity index is 1050. The van der Waals surface area contributed by atoms with Crippen molar-refractivity contribution in [2.24, 2.45) is 7.05 Å². The second-order valence-corrected chi connectivity index (χ2v) is 6.92. The van der Waals surface area contributed by atoms with Gasteiger partial charge in [0, 0.05) is 32.3 Å². The van der Waals surface area contributed by atoms with Crippen molar-refractivity contribution < 1.29 is 13.6 Å². The van der Waals surface area contributed by atoms with Crippen LogP contribution in [-0.4, -0.2) is 35.4 Å². The molecule has 0 aliphatic carbocycles. The molecule has 1 aliphatic rings. The van der Waals surface area contributed by atoms with Crippen molar-refractivity contribution >= 4 is 5.91 Å². The molecule has 4 heterocycles. The van der Waals surface area contributed by atoms with Crippen LogP contribution in [0.5, 0.6) is 0 Å². The van der Waals surface area contributed by atoms with Gasteiger partial charge in [-0.1, -0.05) is 0 Å². The van der Waals surface area contributed by atoms with Gasteiger partial charge < -0.3 is 5.32 Å². The molecule has 1 atom stereocenters. The predicted octanol–water partition coefficient (Wildman–Crippen LogP) is 2.37. The van der Waals surface area contributed by atoms with Crippen molar-refractivity contribution in [3.8, 4) is 11.3 Å². The number of amides is 1. The zero-order chi connectivity index (χ0) is 20.1. The average Bonchev–Trinajstić information content (AvgIpc) is 3.30. The second-order valence-electron chi connectivity index (χ2n) is 6.92. The van der Waals surface area contributed by atoms with E-state index in [2.05, 4.69) is 25.5 Å². The zero-order valence-corrected chi connectivity index (χ0v) is 15.6. The van der Waals surface area contributed by atoms with Crippen LogP contribution < -0.4 is 5.32 Å². The van der Waals surface area contributed by atoms with Crippen LogP contribution >= 0.6 is 0 Å². The molecule has 10 heteroatoms. The number of hydrogen-bond donors (Lipinski definition) is 1. The van der Waals surface area contributed by atoms with Gasteiger partial charge in [0.1, 0.15) is 11.5 Å². The number of pyridine rings is 1. The maximum absolute atomic E-state index is 13.6. The van der Waals surface area contributed by atoms with Crippen molar-refractivity contribution in [3.63, 3.8) is 0 Å². The lowest BCUT2D eigenvalue weighted by Gasteiger charge is -2.11. The lowest BCUT2D eigenvalue weighted by molar-refractivity contribution is 0.0128. The molecule has 1 unspecified atom stereocenters. The molecule has 4 rings (SSSR count). The van der Waals surface area contributed by atoms with Crippen molar-refractivity contribution in [2.75, 3.05) is 0 Å². The number of halogens is 2. The summed E-state index contributed by atoms with van der Waals surface area (Å²) >= 11 is 0. The van der Waals surface area contributed by atoms with Gasteiger partial charge in [0.15, 0.2) is 0 Å². The molecule has 3 aromatic heterocycles. The molecule has 146 valence electrons. The normalized spacial score (nSPS) is 16.2. The monoisotopic (exact) mass is 387 g/mol. The van der Waals surface area contributed by atoms with Gasteiger partial charge in [0.05, 0.1) is 17.4 Å². The number of alkyl halides is 2. The first kappa shape index (κ1) is 18.2. The fraction of sp³-hybridized carbons (Fsp3) is 0.389. The zero-order valence-electron chi connectivity index (χ0n) is 15.6. The van der Waals surface area contributed by atoms with Crippen molar-refractivity contribution in [1.29, 1.82) is 0 Å². The number of hydrogen-bond acceptors (Lipinski definition) is 5. The summed E-state index contributed by atoms with van der Waals surface area (Å²) in [5, 5.41) is 11.5. The van der Waals surface area contributed by atoms with Crippen LogP contribution in [0, 0.1) is 6.92 Å². The summed E-state index contributed by atoms with van der Waals surface area (Å²) in [7, 11) is 1.66. The van der Waals surface area contributed by atoms with Gasteiger partial charge in [-0.2, -0.15) is 19.0 Å². The summed E-state index contributed by atoms with van der Waals surface area (Å²) in [6.07, 6.45) is 2.04. The Morgan fingerprint density at radius 1 is 1.32 bits per heavy atom. The smallest absolute Gasteiger partial charge is 0.289 e. The number of aryl methyl sites for hydroxylation is 3. The van der Waals surface area contributed by atoms with E-state index in [0.29, 0.717) is 30.0 Å². The molecule has 0 aromatic carbocycles. The minimum absolute atomic E-state index is 0.236. The number of carbonyl (C=O) groups excluding carboxylic acids is 1. The molecule has 0 spiro atoms. The number of carbonyl (C=O) groups is 1. The van der Waals surface area contributed by atoms with Crippen molar-refractivity contribution in [3.05, 3.63) is 47.4 Å². The first-order chi connectivity index (χ1) is 13.2. The second kappa shape index (κ2) is 6.47. The molecule has 0 fully saturated rings. The van der Waals surface area contributed by atoms with Crippen LogP contribution in [0.15, 0.2) is 24.4 Å². The number of rotatable bonds is 4. The molecule has 1 aliphatic heterocycles. The standard InChI is InChI=1S/C18H19F2N7O/c1-10-22-16(26(3)24-10)17(28)23-12-5-7-27-14(12)9-13(25-27)11-4-6-21-15(8-11)18(2,19)20/h4,6,8-9,12H,5,7H2,1-3H3,(H,23,28). The van der Waals surface area contributed by atoms with Gasteiger partial charge in [-0.05, 0) is 31.5 Å². The third-order valence-electron chi connectivity index (χ3n) is 4.68. The summed E-state index contributed by atoms with van der Waals surface area (Å²) < 4.78 is 30.3.